The Labute approximate surface area is 127 Å². The van der Waals surface area contributed by atoms with Crippen molar-refractivity contribution in [2.45, 2.75) is 39.7 Å². The van der Waals surface area contributed by atoms with E-state index in [1.165, 1.54) is 17.0 Å². The largest absolute Gasteiger partial charge is 0.349 e. The first-order valence-corrected chi connectivity index (χ1v) is 7.95. The number of hydrogen-bond donors (Lipinski definition) is 0. The summed E-state index contributed by atoms with van der Waals surface area (Å²) in [6.07, 6.45) is 2.95. The van der Waals surface area contributed by atoms with E-state index in [0.29, 0.717) is 0 Å². The lowest BCUT2D eigenvalue weighted by Crippen LogP contribution is -2.31. The molecule has 0 aromatic carbocycles. The minimum Gasteiger partial charge on any atom is -0.349 e. The summed E-state index contributed by atoms with van der Waals surface area (Å²) in [4.78, 5) is 16.2. The molecular weight excluding hydrogens is 264 g/mol. The molecule has 1 aliphatic heterocycles. The maximum absolute atomic E-state index is 12.1. The monoisotopic (exact) mass is 292 g/mol. The van der Waals surface area contributed by atoms with Crippen molar-refractivity contribution in [2.75, 3.05) is 27.2 Å². The van der Waals surface area contributed by atoms with E-state index in [0.717, 1.165) is 38.9 Å². The number of rotatable bonds is 5. The van der Waals surface area contributed by atoms with E-state index in [1.807, 2.05) is 25.8 Å². The smallest absolute Gasteiger partial charge is 0.226 e. The van der Waals surface area contributed by atoms with Crippen LogP contribution in [-0.2, 0) is 31.2 Å². The van der Waals surface area contributed by atoms with Crippen LogP contribution in [0.3, 0.4) is 0 Å². The van der Waals surface area contributed by atoms with Crippen molar-refractivity contribution in [3.05, 3.63) is 17.0 Å². The lowest BCUT2D eigenvalue weighted by atomic mass is 10.1. The zero-order valence-corrected chi connectivity index (χ0v) is 14.0. The van der Waals surface area contributed by atoms with Crippen LogP contribution in [0.25, 0.3) is 0 Å². The molecule has 0 unspecified atom stereocenters. The second-order valence-corrected chi connectivity index (χ2v) is 6.16. The molecule has 1 saturated heterocycles. The van der Waals surface area contributed by atoms with Gasteiger partial charge in [-0.3, -0.25) is 14.4 Å². The van der Waals surface area contributed by atoms with E-state index in [1.54, 1.807) is 4.90 Å². The average Bonchev–Trinajstić information content (AvgIpc) is 3.03. The predicted molar refractivity (Wildman–Crippen MR) is 84.0 cm³/mol. The number of carbonyl (C=O) groups is 1. The van der Waals surface area contributed by atoms with Gasteiger partial charge in [0.25, 0.3) is 0 Å². The molecule has 0 saturated carbocycles. The molecule has 1 amide bonds. The molecule has 1 aromatic heterocycles. The Morgan fingerprint density at radius 2 is 2.05 bits per heavy atom. The fourth-order valence-electron chi connectivity index (χ4n) is 3.34. The van der Waals surface area contributed by atoms with Crippen LogP contribution in [-0.4, -0.2) is 52.7 Å². The van der Waals surface area contributed by atoms with Gasteiger partial charge in [-0.05, 0) is 25.8 Å². The van der Waals surface area contributed by atoms with Gasteiger partial charge in [-0.2, -0.15) is 5.10 Å². The van der Waals surface area contributed by atoms with Crippen molar-refractivity contribution in [1.82, 2.24) is 19.6 Å². The second-order valence-electron chi connectivity index (χ2n) is 6.16. The number of hydrogen-bond acceptors (Lipinski definition) is 3. The number of nitrogens with zero attached hydrogens (tertiary/aromatic N) is 4. The molecule has 1 aromatic rings. The second kappa shape index (κ2) is 6.60. The van der Waals surface area contributed by atoms with Gasteiger partial charge in [0.2, 0.25) is 5.91 Å². The minimum absolute atomic E-state index is 0.159. The van der Waals surface area contributed by atoms with Crippen LogP contribution < -0.4 is 0 Å². The van der Waals surface area contributed by atoms with Crippen molar-refractivity contribution in [2.24, 2.45) is 13.0 Å². The molecule has 1 fully saturated rings. The average molecular weight is 292 g/mol. The summed E-state index contributed by atoms with van der Waals surface area (Å²) in [6.45, 7) is 7.15. The zero-order chi connectivity index (χ0) is 15.6. The molecule has 1 atom stereocenters. The third kappa shape index (κ3) is 3.28. The molecule has 21 heavy (non-hydrogen) atoms. The summed E-state index contributed by atoms with van der Waals surface area (Å²) < 4.78 is 2.02. The highest BCUT2D eigenvalue weighted by atomic mass is 16.2. The van der Waals surface area contributed by atoms with Gasteiger partial charge < -0.3 is 4.90 Å². The van der Waals surface area contributed by atoms with Crippen molar-refractivity contribution in [1.29, 1.82) is 0 Å². The molecule has 2 heterocycles. The van der Waals surface area contributed by atoms with E-state index in [-0.39, 0.29) is 11.8 Å². The Morgan fingerprint density at radius 3 is 2.62 bits per heavy atom. The number of likely N-dealkylation sites (tertiary alicyclic amines) is 1. The summed E-state index contributed by atoms with van der Waals surface area (Å²) >= 11 is 0. The van der Waals surface area contributed by atoms with Gasteiger partial charge in [0.1, 0.15) is 0 Å². The van der Waals surface area contributed by atoms with Crippen LogP contribution in [0.4, 0.5) is 0 Å². The van der Waals surface area contributed by atoms with Gasteiger partial charge in [0, 0.05) is 45.5 Å². The number of carbonyl (C=O) groups excluding carboxylic acids is 1. The lowest BCUT2D eigenvalue weighted by Gasteiger charge is -2.18. The molecule has 0 bridgehead atoms. The van der Waals surface area contributed by atoms with Gasteiger partial charge in [-0.1, -0.05) is 13.8 Å². The first kappa shape index (κ1) is 16.0. The van der Waals surface area contributed by atoms with E-state index >= 15 is 0 Å². The van der Waals surface area contributed by atoms with Crippen LogP contribution in [0.15, 0.2) is 0 Å². The van der Waals surface area contributed by atoms with Crippen LogP contribution in [0.1, 0.15) is 37.2 Å². The fraction of sp³-hybridized carbons (Fsp3) is 0.750. The van der Waals surface area contributed by atoms with E-state index in [4.69, 9.17) is 0 Å². The van der Waals surface area contributed by atoms with Crippen LogP contribution in [0.5, 0.6) is 0 Å². The molecular formula is C16H28N4O. The maximum atomic E-state index is 12.1. The summed E-state index contributed by atoms with van der Waals surface area (Å²) in [5.74, 6) is 0.418. The Kier molecular flexibility index (Phi) is 5.04. The van der Waals surface area contributed by atoms with Crippen molar-refractivity contribution in [3.8, 4) is 0 Å². The van der Waals surface area contributed by atoms with E-state index in [9.17, 15) is 4.79 Å². The van der Waals surface area contributed by atoms with Crippen LogP contribution in [0, 0.1) is 5.92 Å². The zero-order valence-electron chi connectivity index (χ0n) is 14.0. The molecule has 2 rings (SSSR count). The van der Waals surface area contributed by atoms with Gasteiger partial charge in [0.15, 0.2) is 0 Å². The van der Waals surface area contributed by atoms with E-state index in [2.05, 4.69) is 23.8 Å². The van der Waals surface area contributed by atoms with E-state index < -0.39 is 0 Å². The third-order valence-corrected chi connectivity index (χ3v) is 4.47. The third-order valence-electron chi connectivity index (χ3n) is 4.47. The molecule has 118 valence electrons. The normalized spacial score (nSPS) is 19.2. The first-order chi connectivity index (χ1) is 9.97. The minimum atomic E-state index is 0.159. The van der Waals surface area contributed by atoms with Crippen LogP contribution in [0.2, 0.25) is 0 Å². The molecule has 0 spiro atoms. The van der Waals surface area contributed by atoms with Gasteiger partial charge in [0.05, 0.1) is 11.6 Å². The summed E-state index contributed by atoms with van der Waals surface area (Å²) in [5, 5.41) is 4.64. The lowest BCUT2D eigenvalue weighted by molar-refractivity contribution is -0.132. The summed E-state index contributed by atoms with van der Waals surface area (Å²) in [7, 11) is 5.72. The van der Waals surface area contributed by atoms with Crippen molar-refractivity contribution in [3.63, 3.8) is 0 Å². The fourth-order valence-corrected chi connectivity index (χ4v) is 3.34. The molecule has 0 N–H and O–H groups in total. The number of amides is 1. The van der Waals surface area contributed by atoms with Crippen molar-refractivity contribution >= 4 is 5.91 Å². The van der Waals surface area contributed by atoms with Gasteiger partial charge in [-0.15, -0.1) is 0 Å². The number of aromatic nitrogens is 2. The highest BCUT2D eigenvalue weighted by Crippen LogP contribution is 2.23. The Morgan fingerprint density at radius 1 is 1.33 bits per heavy atom. The van der Waals surface area contributed by atoms with Gasteiger partial charge in [-0.25, -0.2) is 0 Å². The SMILES string of the molecule is CCc1nn(C)c(CC)c1CN1CC[C@H](C(=O)N(C)C)C1. The molecule has 0 radical (unpaired) electrons. The van der Waals surface area contributed by atoms with Crippen molar-refractivity contribution < 1.29 is 4.79 Å². The summed E-state index contributed by atoms with van der Waals surface area (Å²) in [6, 6.07) is 0. The highest BCUT2D eigenvalue weighted by molar-refractivity contribution is 5.78. The Bertz CT molecular complexity index is 507. The summed E-state index contributed by atoms with van der Waals surface area (Å²) in [5.41, 5.74) is 3.91. The number of aryl methyl sites for hydroxylation is 2. The first-order valence-electron chi connectivity index (χ1n) is 7.95. The molecule has 5 heteroatoms. The Balaban J connectivity index is 2.08. The Hall–Kier alpha value is -1.36. The predicted octanol–water partition coefficient (Wildman–Crippen LogP) is 1.46. The molecule has 1 aliphatic rings. The quantitative estimate of drug-likeness (QED) is 0.825. The molecule has 0 aliphatic carbocycles. The topological polar surface area (TPSA) is 41.4 Å². The molecule has 5 nitrogen and oxygen atoms in total. The van der Waals surface area contributed by atoms with Gasteiger partial charge >= 0.3 is 0 Å². The maximum Gasteiger partial charge on any atom is 0.226 e. The highest BCUT2D eigenvalue weighted by Gasteiger charge is 2.30. The standard InChI is InChI=1S/C16H28N4O/c1-6-14-13(15(7-2)19(5)17-14)11-20-9-8-12(10-20)16(21)18(3)4/h12H,6-11H2,1-5H3/t12-/m0/s1. The van der Waals surface area contributed by atoms with Crippen LogP contribution >= 0.6 is 0 Å².